The van der Waals surface area contributed by atoms with Gasteiger partial charge in [0.05, 0.1) is 10.7 Å². The van der Waals surface area contributed by atoms with Crippen molar-refractivity contribution in [3.8, 4) is 0 Å². The first kappa shape index (κ1) is 15.6. The molecule has 1 aromatic carbocycles. The molecular weight excluding hydrogens is 391 g/mol. The third-order valence-electron chi connectivity index (χ3n) is 3.31. The Balaban J connectivity index is 2.52. The van der Waals surface area contributed by atoms with Crippen molar-refractivity contribution >= 4 is 51.7 Å². The zero-order valence-electron chi connectivity index (χ0n) is 11.5. The molecule has 2 atom stereocenters. The lowest BCUT2D eigenvalue weighted by molar-refractivity contribution is -0.134. The highest BCUT2D eigenvalue weighted by molar-refractivity contribution is 14.1. The molecule has 6 heteroatoms. The smallest absolute Gasteiger partial charge is 0.250 e. The summed E-state index contributed by atoms with van der Waals surface area (Å²) in [4.78, 5) is 26.2. The molecule has 0 saturated carbocycles. The van der Waals surface area contributed by atoms with Crippen LogP contribution in [0.3, 0.4) is 0 Å². The van der Waals surface area contributed by atoms with Gasteiger partial charge in [0.1, 0.15) is 12.1 Å². The third-order valence-corrected chi connectivity index (χ3v) is 4.29. The number of amides is 2. The summed E-state index contributed by atoms with van der Waals surface area (Å²) in [5.41, 5.74) is 0.595. The maximum absolute atomic E-state index is 12.5. The summed E-state index contributed by atoms with van der Waals surface area (Å²) < 4.78 is 0.986. The van der Waals surface area contributed by atoms with Gasteiger partial charge < -0.3 is 5.32 Å². The number of piperazine rings is 1. The average Bonchev–Trinajstić information content (AvgIpc) is 2.33. The zero-order chi connectivity index (χ0) is 15.0. The zero-order valence-corrected chi connectivity index (χ0v) is 14.4. The predicted octanol–water partition coefficient (Wildman–Crippen LogP) is 2.82. The first-order chi connectivity index (χ1) is 9.32. The largest absolute Gasteiger partial charge is 0.343 e. The number of nitrogens with zero attached hydrogens (tertiary/aromatic N) is 1. The lowest BCUT2D eigenvalue weighted by Crippen LogP contribution is -2.64. The molecule has 0 aromatic heterocycles. The average molecular weight is 407 g/mol. The lowest BCUT2D eigenvalue weighted by atomic mass is 9.96. The van der Waals surface area contributed by atoms with Crippen LogP contribution in [0.15, 0.2) is 18.2 Å². The number of carbonyl (C=O) groups excluding carboxylic acids is 2. The molecule has 2 rings (SSSR count). The third kappa shape index (κ3) is 2.79. The van der Waals surface area contributed by atoms with E-state index in [2.05, 4.69) is 27.9 Å². The highest BCUT2D eigenvalue weighted by Gasteiger charge is 2.41. The van der Waals surface area contributed by atoms with E-state index >= 15 is 0 Å². The molecule has 0 radical (unpaired) electrons. The summed E-state index contributed by atoms with van der Waals surface area (Å²) in [6.07, 6.45) is 0. The summed E-state index contributed by atoms with van der Waals surface area (Å²) >= 11 is 8.42. The maximum atomic E-state index is 12.5. The standard InChI is InChI=1S/C14H16ClIN2O2/c1-7(2)12-13(19)17-8(3)14(20)18(12)11-5-4-9(16)6-10(11)15/h4-8,12H,1-3H3,(H,17,19). The number of carbonyl (C=O) groups is 2. The highest BCUT2D eigenvalue weighted by Crippen LogP contribution is 2.32. The number of benzene rings is 1. The number of nitrogens with one attached hydrogen (secondary N) is 1. The normalized spacial score (nSPS) is 23.2. The molecule has 1 N–H and O–H groups in total. The van der Waals surface area contributed by atoms with Crippen molar-refractivity contribution in [3.05, 3.63) is 26.8 Å². The molecule has 0 aliphatic carbocycles. The maximum Gasteiger partial charge on any atom is 0.250 e. The topological polar surface area (TPSA) is 49.4 Å². The fourth-order valence-electron chi connectivity index (χ4n) is 2.37. The van der Waals surface area contributed by atoms with Gasteiger partial charge in [-0.15, -0.1) is 0 Å². The highest BCUT2D eigenvalue weighted by atomic mass is 127. The Morgan fingerprint density at radius 2 is 2.00 bits per heavy atom. The number of rotatable bonds is 2. The number of hydrogen-bond donors (Lipinski definition) is 1. The molecular formula is C14H16ClIN2O2. The molecule has 2 unspecified atom stereocenters. The van der Waals surface area contributed by atoms with Gasteiger partial charge in [0, 0.05) is 3.57 Å². The van der Waals surface area contributed by atoms with Crippen LogP contribution in [-0.2, 0) is 9.59 Å². The molecule has 1 aliphatic heterocycles. The second-order valence-corrected chi connectivity index (χ2v) is 6.88. The van der Waals surface area contributed by atoms with Gasteiger partial charge in [0.15, 0.2) is 0 Å². The van der Waals surface area contributed by atoms with Crippen LogP contribution < -0.4 is 10.2 Å². The predicted molar refractivity (Wildman–Crippen MR) is 87.9 cm³/mol. The van der Waals surface area contributed by atoms with Crippen molar-refractivity contribution in [2.75, 3.05) is 4.90 Å². The second kappa shape index (κ2) is 5.89. The van der Waals surface area contributed by atoms with E-state index in [1.165, 1.54) is 4.90 Å². The van der Waals surface area contributed by atoms with E-state index in [9.17, 15) is 9.59 Å². The quantitative estimate of drug-likeness (QED) is 0.768. The molecule has 1 heterocycles. The number of anilines is 1. The van der Waals surface area contributed by atoms with Crippen LogP contribution in [-0.4, -0.2) is 23.9 Å². The Kier molecular flexibility index (Phi) is 4.59. The molecule has 0 bridgehead atoms. The molecule has 1 fully saturated rings. The van der Waals surface area contributed by atoms with E-state index in [1.54, 1.807) is 19.1 Å². The summed E-state index contributed by atoms with van der Waals surface area (Å²) in [5.74, 6) is -0.269. The van der Waals surface area contributed by atoms with Crippen LogP contribution in [0.25, 0.3) is 0 Å². The Hall–Kier alpha value is -0.820. The van der Waals surface area contributed by atoms with E-state index in [0.717, 1.165) is 3.57 Å². The van der Waals surface area contributed by atoms with E-state index in [1.807, 2.05) is 19.9 Å². The first-order valence-corrected chi connectivity index (χ1v) is 7.87. The van der Waals surface area contributed by atoms with Crippen LogP contribution >= 0.6 is 34.2 Å². The van der Waals surface area contributed by atoms with Crippen molar-refractivity contribution in [1.82, 2.24) is 5.32 Å². The first-order valence-electron chi connectivity index (χ1n) is 6.41. The van der Waals surface area contributed by atoms with Gasteiger partial charge in [-0.2, -0.15) is 0 Å². The van der Waals surface area contributed by atoms with Gasteiger partial charge in [-0.3, -0.25) is 14.5 Å². The van der Waals surface area contributed by atoms with Gasteiger partial charge >= 0.3 is 0 Å². The van der Waals surface area contributed by atoms with Gasteiger partial charge in [-0.05, 0) is 53.6 Å². The summed E-state index contributed by atoms with van der Waals surface area (Å²) in [6, 6.07) is 4.40. The van der Waals surface area contributed by atoms with Gasteiger partial charge in [0.25, 0.3) is 0 Å². The number of halogens is 2. The van der Waals surface area contributed by atoms with Crippen molar-refractivity contribution in [2.24, 2.45) is 5.92 Å². The van der Waals surface area contributed by atoms with Crippen LogP contribution in [0.5, 0.6) is 0 Å². The van der Waals surface area contributed by atoms with Crippen LogP contribution in [0.4, 0.5) is 5.69 Å². The lowest BCUT2D eigenvalue weighted by Gasteiger charge is -2.40. The van der Waals surface area contributed by atoms with Crippen LogP contribution in [0.1, 0.15) is 20.8 Å². The Bertz CT molecular complexity index is 562. The molecule has 20 heavy (non-hydrogen) atoms. The summed E-state index contributed by atoms with van der Waals surface area (Å²) in [5, 5.41) is 3.20. The Morgan fingerprint density at radius 3 is 2.55 bits per heavy atom. The summed E-state index contributed by atoms with van der Waals surface area (Å²) in [6.45, 7) is 5.52. The fraction of sp³-hybridized carbons (Fsp3) is 0.429. The van der Waals surface area contributed by atoms with E-state index in [4.69, 9.17) is 11.6 Å². The van der Waals surface area contributed by atoms with Crippen molar-refractivity contribution in [1.29, 1.82) is 0 Å². The minimum absolute atomic E-state index is 0.00166. The molecule has 108 valence electrons. The molecule has 1 aromatic rings. The van der Waals surface area contributed by atoms with Crippen LogP contribution in [0.2, 0.25) is 5.02 Å². The molecule has 0 spiro atoms. The minimum Gasteiger partial charge on any atom is -0.343 e. The molecule has 2 amide bonds. The van der Waals surface area contributed by atoms with Gasteiger partial charge in [-0.1, -0.05) is 25.4 Å². The monoisotopic (exact) mass is 406 g/mol. The minimum atomic E-state index is -0.534. The molecule has 1 aliphatic rings. The molecule has 1 saturated heterocycles. The van der Waals surface area contributed by atoms with Crippen molar-refractivity contribution < 1.29 is 9.59 Å². The van der Waals surface area contributed by atoms with E-state index in [0.29, 0.717) is 10.7 Å². The Labute approximate surface area is 137 Å². The summed E-state index contributed by atoms with van der Waals surface area (Å²) in [7, 11) is 0. The van der Waals surface area contributed by atoms with Crippen LogP contribution in [0, 0.1) is 9.49 Å². The van der Waals surface area contributed by atoms with E-state index in [-0.39, 0.29) is 17.7 Å². The van der Waals surface area contributed by atoms with Crippen molar-refractivity contribution in [3.63, 3.8) is 0 Å². The Morgan fingerprint density at radius 1 is 1.35 bits per heavy atom. The van der Waals surface area contributed by atoms with Gasteiger partial charge in [0.2, 0.25) is 11.8 Å². The molecule has 4 nitrogen and oxygen atoms in total. The van der Waals surface area contributed by atoms with E-state index < -0.39 is 12.1 Å². The SMILES string of the molecule is CC1NC(=O)C(C(C)C)N(c2ccc(I)cc2Cl)C1=O. The number of hydrogen-bond acceptors (Lipinski definition) is 2. The second-order valence-electron chi connectivity index (χ2n) is 5.22. The van der Waals surface area contributed by atoms with Crippen molar-refractivity contribution in [2.45, 2.75) is 32.9 Å². The van der Waals surface area contributed by atoms with Gasteiger partial charge in [-0.25, -0.2) is 0 Å². The fourth-order valence-corrected chi connectivity index (χ4v) is 3.32.